The summed E-state index contributed by atoms with van der Waals surface area (Å²) in [5.41, 5.74) is 0.363. The van der Waals surface area contributed by atoms with Gasteiger partial charge in [-0.25, -0.2) is 4.79 Å². The average Bonchev–Trinajstić information content (AvgIpc) is 1.64. The molecule has 0 atom stereocenters. The maximum absolute atomic E-state index is 10.3. The molecule has 0 aliphatic rings. The van der Waals surface area contributed by atoms with Crippen LogP contribution in [0.15, 0.2) is 11.1 Å². The third-order valence-electron chi connectivity index (χ3n) is 0.719. The number of Topliss-reactive ketones (excluding diaryl/α,β-unsaturated/α-hetero) is 1. The summed E-state index contributed by atoms with van der Waals surface area (Å²) >= 11 is 4.99. The summed E-state index contributed by atoms with van der Waals surface area (Å²) in [6.45, 7) is 1.14. The van der Waals surface area contributed by atoms with Crippen LogP contribution >= 0.6 is 11.6 Å². The van der Waals surface area contributed by atoms with Gasteiger partial charge in [-0.05, 0) is 6.92 Å². The molecular formula is C5H5ClO3. The first kappa shape index (κ1) is 8.17. The minimum atomic E-state index is -1.29. The van der Waals surface area contributed by atoms with Gasteiger partial charge in [0.15, 0.2) is 5.78 Å². The van der Waals surface area contributed by atoms with Gasteiger partial charge in [0.2, 0.25) is 0 Å². The number of carboxylic acids is 1. The topological polar surface area (TPSA) is 54.4 Å². The Labute approximate surface area is 56.9 Å². The zero-order valence-electron chi connectivity index (χ0n) is 4.72. The van der Waals surface area contributed by atoms with Crippen molar-refractivity contribution in [2.45, 2.75) is 6.92 Å². The summed E-state index contributed by atoms with van der Waals surface area (Å²) in [4.78, 5) is 20.3. The quantitative estimate of drug-likeness (QED) is 0.358. The molecule has 0 unspecified atom stereocenters. The Morgan fingerprint density at radius 3 is 2.00 bits per heavy atom. The number of rotatable bonds is 2. The van der Waals surface area contributed by atoms with Crippen LogP contribution in [0.1, 0.15) is 6.92 Å². The van der Waals surface area contributed by atoms with Crippen LogP contribution in [-0.4, -0.2) is 16.9 Å². The van der Waals surface area contributed by atoms with Crippen LogP contribution in [0.5, 0.6) is 0 Å². The fraction of sp³-hybridized carbons (Fsp3) is 0.200. The smallest absolute Gasteiger partial charge is 0.340 e. The van der Waals surface area contributed by atoms with Gasteiger partial charge in [0.05, 0.1) is 0 Å². The predicted octanol–water partition coefficient (Wildman–Crippen LogP) is 0.783. The van der Waals surface area contributed by atoms with E-state index >= 15 is 0 Å². The van der Waals surface area contributed by atoms with Crippen molar-refractivity contribution < 1.29 is 14.7 Å². The van der Waals surface area contributed by atoms with Crippen molar-refractivity contribution >= 4 is 23.4 Å². The zero-order valence-corrected chi connectivity index (χ0v) is 5.47. The molecule has 0 radical (unpaired) electrons. The third kappa shape index (κ3) is 2.28. The van der Waals surface area contributed by atoms with Crippen molar-refractivity contribution in [3.63, 3.8) is 0 Å². The first-order chi connectivity index (χ1) is 4.09. The lowest BCUT2D eigenvalue weighted by atomic mass is 10.2. The molecule has 1 N–H and O–H groups in total. The lowest BCUT2D eigenvalue weighted by molar-refractivity contribution is -0.134. The molecule has 50 valence electrons. The number of hydrogen-bond donors (Lipinski definition) is 1. The van der Waals surface area contributed by atoms with E-state index in [0.717, 1.165) is 12.5 Å². The van der Waals surface area contributed by atoms with Gasteiger partial charge in [-0.2, -0.15) is 0 Å². The minimum absolute atomic E-state index is 0.392. The second kappa shape index (κ2) is 3.25. The van der Waals surface area contributed by atoms with Crippen molar-refractivity contribution in [3.05, 3.63) is 11.1 Å². The van der Waals surface area contributed by atoms with Crippen LogP contribution in [0.4, 0.5) is 0 Å². The summed E-state index contributed by atoms with van der Waals surface area (Å²) < 4.78 is 0. The Morgan fingerprint density at radius 2 is 2.00 bits per heavy atom. The van der Waals surface area contributed by atoms with Crippen molar-refractivity contribution in [1.29, 1.82) is 0 Å². The minimum Gasteiger partial charge on any atom is -0.478 e. The van der Waals surface area contributed by atoms with Crippen molar-refractivity contribution in [2.75, 3.05) is 0 Å². The fourth-order valence-electron chi connectivity index (χ4n) is 0.274. The molecule has 3 nitrogen and oxygen atoms in total. The van der Waals surface area contributed by atoms with Crippen LogP contribution < -0.4 is 0 Å². The maximum atomic E-state index is 10.3. The van der Waals surface area contributed by atoms with E-state index in [1.807, 2.05) is 0 Å². The lowest BCUT2D eigenvalue weighted by Gasteiger charge is -1.89. The van der Waals surface area contributed by atoms with Gasteiger partial charge in [0.25, 0.3) is 0 Å². The molecular weight excluding hydrogens is 144 g/mol. The van der Waals surface area contributed by atoms with Crippen LogP contribution in [-0.2, 0) is 9.59 Å². The molecule has 0 amide bonds. The molecule has 0 saturated heterocycles. The van der Waals surface area contributed by atoms with Crippen LogP contribution in [0, 0.1) is 0 Å². The van der Waals surface area contributed by atoms with Gasteiger partial charge in [-0.15, -0.1) is 0 Å². The SMILES string of the molecule is CC(=O)C(=CCl)C(=O)O. The molecule has 0 fully saturated rings. The van der Waals surface area contributed by atoms with Gasteiger partial charge in [-0.1, -0.05) is 11.6 Å². The van der Waals surface area contributed by atoms with Gasteiger partial charge >= 0.3 is 5.97 Å². The number of hydrogen-bond acceptors (Lipinski definition) is 2. The molecule has 0 rings (SSSR count). The summed E-state index contributed by atoms with van der Waals surface area (Å²) in [5.74, 6) is -1.84. The molecule has 0 heterocycles. The van der Waals surface area contributed by atoms with E-state index in [9.17, 15) is 9.59 Å². The van der Waals surface area contributed by atoms with Gasteiger partial charge in [-0.3, -0.25) is 4.79 Å². The van der Waals surface area contributed by atoms with Crippen LogP contribution in [0.25, 0.3) is 0 Å². The monoisotopic (exact) mass is 148 g/mol. The van der Waals surface area contributed by atoms with E-state index in [0.29, 0.717) is 0 Å². The predicted molar refractivity (Wildman–Crippen MR) is 32.3 cm³/mol. The van der Waals surface area contributed by atoms with Crippen molar-refractivity contribution in [2.24, 2.45) is 0 Å². The van der Waals surface area contributed by atoms with Gasteiger partial charge in [0.1, 0.15) is 5.57 Å². The van der Waals surface area contributed by atoms with Crippen LogP contribution in [0.3, 0.4) is 0 Å². The summed E-state index contributed by atoms with van der Waals surface area (Å²) in [7, 11) is 0. The summed E-state index contributed by atoms with van der Waals surface area (Å²) in [5, 5.41) is 8.17. The van der Waals surface area contributed by atoms with Gasteiger partial charge < -0.3 is 5.11 Å². The maximum Gasteiger partial charge on any atom is 0.340 e. The second-order valence-electron chi connectivity index (χ2n) is 1.38. The highest BCUT2D eigenvalue weighted by Gasteiger charge is 2.10. The highest BCUT2D eigenvalue weighted by Crippen LogP contribution is 1.97. The number of carbonyl (C=O) groups is 2. The summed E-state index contributed by atoms with van der Waals surface area (Å²) in [6, 6.07) is 0. The largest absolute Gasteiger partial charge is 0.478 e. The van der Waals surface area contributed by atoms with Crippen molar-refractivity contribution in [3.8, 4) is 0 Å². The Balaban J connectivity index is 4.38. The average molecular weight is 149 g/mol. The molecule has 0 aromatic carbocycles. The molecule has 0 aliphatic carbocycles. The third-order valence-corrected chi connectivity index (χ3v) is 0.937. The Morgan fingerprint density at radius 1 is 1.56 bits per heavy atom. The molecule has 0 saturated carbocycles. The molecule has 0 spiro atoms. The normalized spacial score (nSPS) is 11.1. The van der Waals surface area contributed by atoms with Crippen molar-refractivity contribution in [1.82, 2.24) is 0 Å². The number of ketones is 1. The number of halogens is 1. The molecule has 0 bridgehead atoms. The van der Waals surface area contributed by atoms with E-state index in [-0.39, 0.29) is 0 Å². The second-order valence-corrected chi connectivity index (χ2v) is 1.60. The number of carboxylic acid groups (broad SMARTS) is 1. The van der Waals surface area contributed by atoms with E-state index < -0.39 is 17.3 Å². The molecule has 4 heteroatoms. The zero-order chi connectivity index (χ0) is 7.44. The Hall–Kier alpha value is -0.830. The van der Waals surface area contributed by atoms with E-state index in [4.69, 9.17) is 16.7 Å². The highest BCUT2D eigenvalue weighted by atomic mass is 35.5. The Bertz CT molecular complexity index is 155. The molecule has 0 aromatic heterocycles. The molecule has 9 heavy (non-hydrogen) atoms. The number of carbonyl (C=O) groups excluding carboxylic acids is 1. The fourth-order valence-corrected chi connectivity index (χ4v) is 0.521. The highest BCUT2D eigenvalue weighted by molar-refractivity contribution is 6.32. The first-order valence-electron chi connectivity index (χ1n) is 2.14. The summed E-state index contributed by atoms with van der Waals surface area (Å²) in [6.07, 6.45) is 0. The van der Waals surface area contributed by atoms with E-state index in [2.05, 4.69) is 0 Å². The Kier molecular flexibility index (Phi) is 2.95. The van der Waals surface area contributed by atoms with E-state index in [1.54, 1.807) is 0 Å². The molecule has 0 aromatic rings. The first-order valence-corrected chi connectivity index (χ1v) is 2.58. The molecule has 0 aliphatic heterocycles. The van der Waals surface area contributed by atoms with E-state index in [1.165, 1.54) is 0 Å². The number of aliphatic carboxylic acids is 1. The standard InChI is InChI=1S/C5H5ClO3/c1-3(7)4(2-6)5(8)9/h2H,1H3,(H,8,9). The lowest BCUT2D eigenvalue weighted by Crippen LogP contribution is -2.07. The van der Waals surface area contributed by atoms with Crippen LogP contribution in [0.2, 0.25) is 0 Å². The van der Waals surface area contributed by atoms with Gasteiger partial charge in [0, 0.05) is 5.54 Å².